The molecule has 3 nitrogen and oxygen atoms in total. The van der Waals surface area contributed by atoms with Crippen molar-refractivity contribution in [3.8, 4) is 11.3 Å². The van der Waals surface area contributed by atoms with E-state index in [1.807, 2.05) is 33.9 Å². The number of aliphatic hydroxyl groups excluding tert-OH is 1. The van der Waals surface area contributed by atoms with Crippen LogP contribution in [-0.2, 0) is 30.3 Å². The molecule has 1 N–H and O–H groups in total. The van der Waals surface area contributed by atoms with Gasteiger partial charge in [-0.2, -0.15) is 0 Å². The molecule has 2 bridgehead atoms. The van der Waals surface area contributed by atoms with Crippen LogP contribution in [0.3, 0.4) is 0 Å². The number of carbonyl (C=O) groups excluding carboxylic acids is 1. The van der Waals surface area contributed by atoms with E-state index in [2.05, 4.69) is 56.3 Å². The van der Waals surface area contributed by atoms with Gasteiger partial charge in [-0.05, 0) is 83.4 Å². The number of allylic oxidation sites excluding steroid dienone is 2. The minimum absolute atomic E-state index is 0. The van der Waals surface area contributed by atoms with E-state index in [-0.39, 0.29) is 31.6 Å². The molecule has 2 saturated carbocycles. The van der Waals surface area contributed by atoms with Gasteiger partial charge < -0.3 is 10.1 Å². The summed E-state index contributed by atoms with van der Waals surface area (Å²) in [5.41, 5.74) is 6.64. The second kappa shape index (κ2) is 13.4. The summed E-state index contributed by atoms with van der Waals surface area (Å²) < 4.78 is 0. The van der Waals surface area contributed by atoms with Gasteiger partial charge in [0.05, 0.1) is 5.76 Å². The first-order valence-corrected chi connectivity index (χ1v) is 14.4. The Labute approximate surface area is 248 Å². The van der Waals surface area contributed by atoms with Crippen molar-refractivity contribution in [2.75, 3.05) is 0 Å². The molecule has 0 atom stereocenters. The van der Waals surface area contributed by atoms with Gasteiger partial charge in [0.15, 0.2) is 5.78 Å². The topological polar surface area (TPSA) is 50.2 Å². The molecule has 4 heteroatoms. The minimum Gasteiger partial charge on any atom is -0.512 e. The average Bonchev–Trinajstić information content (AvgIpc) is 3.44. The number of hydrogen-bond acceptors (Lipinski definition) is 3. The zero-order valence-electron chi connectivity index (χ0n) is 24.4. The fourth-order valence-electron chi connectivity index (χ4n) is 6.60. The molecule has 3 aromatic rings. The molecule has 1 heterocycles. The first-order chi connectivity index (χ1) is 18.1. The van der Waals surface area contributed by atoms with Gasteiger partial charge in [-0.3, -0.25) is 4.79 Å². The Hall–Kier alpha value is -2.29. The molecule has 1 aromatic heterocycles. The number of pyridine rings is 1. The molecule has 1 radical (unpaired) electrons. The van der Waals surface area contributed by atoms with Crippen LogP contribution in [0.25, 0.3) is 22.0 Å². The maximum absolute atomic E-state index is 11.2. The summed E-state index contributed by atoms with van der Waals surface area (Å²) in [5, 5.41) is 12.0. The summed E-state index contributed by atoms with van der Waals surface area (Å²) in [6.07, 6.45) is 11.4. The molecule has 2 fully saturated rings. The summed E-state index contributed by atoms with van der Waals surface area (Å²) in [6, 6.07) is 17.0. The van der Waals surface area contributed by atoms with Gasteiger partial charge in [0.25, 0.3) is 0 Å². The van der Waals surface area contributed by atoms with Gasteiger partial charge in [0.2, 0.25) is 0 Å². The first kappa shape index (κ1) is 31.2. The van der Waals surface area contributed by atoms with Crippen molar-refractivity contribution < 1.29 is 30.0 Å². The Morgan fingerprint density at radius 2 is 1.74 bits per heavy atom. The van der Waals surface area contributed by atoms with E-state index >= 15 is 0 Å². The number of aromatic nitrogens is 1. The Bertz CT molecular complexity index is 1300. The number of rotatable bonds is 7. The van der Waals surface area contributed by atoms with Crippen molar-refractivity contribution in [3.05, 3.63) is 77.2 Å². The number of benzene rings is 2. The monoisotopic (exact) mass is 703 g/mol. The SMILES string of the molecule is CC(C)CC(=O)/C=C(\O)CC(C)C.Cc1[c-]c(-c2nccc3c(C45CCC(CC4)C5)cccc23)cc(C)c1.[Ir]. The van der Waals surface area contributed by atoms with E-state index < -0.39 is 0 Å². The molecule has 211 valence electrons. The Kier molecular flexibility index (Phi) is 10.7. The van der Waals surface area contributed by atoms with Gasteiger partial charge in [-0.15, -0.1) is 34.9 Å². The quantitative estimate of drug-likeness (QED) is 0.152. The molecule has 2 aliphatic carbocycles. The molecule has 0 spiro atoms. The maximum Gasteiger partial charge on any atom is 0.159 e. The number of aryl methyl sites for hydroxylation is 2. The molecule has 0 saturated heterocycles. The summed E-state index contributed by atoms with van der Waals surface area (Å²) >= 11 is 0. The van der Waals surface area contributed by atoms with Gasteiger partial charge in [-0.25, -0.2) is 0 Å². The van der Waals surface area contributed by atoms with Gasteiger partial charge in [0.1, 0.15) is 0 Å². The van der Waals surface area contributed by atoms with Crippen LogP contribution >= 0.6 is 0 Å². The molecular formula is C35H44IrNO2-. The van der Waals surface area contributed by atoms with E-state index in [9.17, 15) is 9.90 Å². The van der Waals surface area contributed by atoms with E-state index in [1.54, 1.807) is 5.56 Å². The maximum atomic E-state index is 11.2. The second-order valence-corrected chi connectivity index (χ2v) is 12.5. The largest absolute Gasteiger partial charge is 0.512 e. The predicted octanol–water partition coefficient (Wildman–Crippen LogP) is 9.24. The van der Waals surface area contributed by atoms with Crippen molar-refractivity contribution in [1.29, 1.82) is 0 Å². The van der Waals surface area contributed by atoms with Crippen LogP contribution in [-0.4, -0.2) is 15.9 Å². The number of aliphatic hydroxyl groups is 1. The molecule has 0 unspecified atom stereocenters. The van der Waals surface area contributed by atoms with Gasteiger partial charge >= 0.3 is 0 Å². The van der Waals surface area contributed by atoms with E-state index in [4.69, 9.17) is 4.98 Å². The van der Waals surface area contributed by atoms with E-state index in [0.29, 0.717) is 30.1 Å². The van der Waals surface area contributed by atoms with Crippen LogP contribution in [0.5, 0.6) is 0 Å². The van der Waals surface area contributed by atoms with Crippen LogP contribution in [0.1, 0.15) is 89.3 Å². The van der Waals surface area contributed by atoms with E-state index in [0.717, 1.165) is 17.2 Å². The fraction of sp³-hybridized carbons (Fsp3) is 0.486. The number of carbonyl (C=O) groups is 1. The number of nitrogens with zero attached hydrogens (tertiary/aromatic N) is 1. The molecule has 2 aromatic carbocycles. The Balaban J connectivity index is 0.000000260. The average molecular weight is 703 g/mol. The van der Waals surface area contributed by atoms with Crippen LogP contribution in [0.4, 0.5) is 0 Å². The number of hydrogen-bond donors (Lipinski definition) is 1. The Morgan fingerprint density at radius 1 is 1.05 bits per heavy atom. The third kappa shape index (κ3) is 7.68. The smallest absolute Gasteiger partial charge is 0.159 e. The zero-order valence-corrected chi connectivity index (χ0v) is 26.8. The minimum atomic E-state index is 0. The van der Waals surface area contributed by atoms with E-state index in [1.165, 1.54) is 60.1 Å². The summed E-state index contributed by atoms with van der Waals surface area (Å²) in [7, 11) is 0. The molecule has 0 amide bonds. The van der Waals surface area contributed by atoms with Crippen molar-refractivity contribution in [1.82, 2.24) is 4.98 Å². The Morgan fingerprint density at radius 3 is 2.33 bits per heavy atom. The molecule has 5 rings (SSSR count). The normalized spacial score (nSPS) is 20.2. The standard InChI is InChI=1S/C24H24N.C11H20O2.Ir/c1-16-12-17(2)14-19(13-16)23-21-4-3-5-22(20(21)8-11-25-23)24-9-6-18(15-24)7-10-24;1-8(2)5-10(12)7-11(13)6-9(3)4;/h3-5,8,11-13,18H,6-7,9-10,15H2,1-2H3;7-9,12H,5-6H2,1-4H3;/q-1;;/b;10-7-;. The van der Waals surface area contributed by atoms with Gasteiger partial charge in [0, 0.05) is 45.2 Å². The van der Waals surface area contributed by atoms with Crippen LogP contribution in [0.15, 0.2) is 54.4 Å². The summed E-state index contributed by atoms with van der Waals surface area (Å²) in [4.78, 5) is 16.0. The van der Waals surface area contributed by atoms with Crippen molar-refractivity contribution >= 4 is 16.6 Å². The molecule has 2 aliphatic rings. The van der Waals surface area contributed by atoms with Crippen molar-refractivity contribution in [3.63, 3.8) is 0 Å². The molecule has 0 aliphatic heterocycles. The van der Waals surface area contributed by atoms with Crippen LogP contribution < -0.4 is 0 Å². The van der Waals surface area contributed by atoms with Gasteiger partial charge in [-0.1, -0.05) is 59.7 Å². The molecule has 39 heavy (non-hydrogen) atoms. The first-order valence-electron chi connectivity index (χ1n) is 14.4. The summed E-state index contributed by atoms with van der Waals surface area (Å²) in [6.45, 7) is 12.3. The van der Waals surface area contributed by atoms with Crippen LogP contribution in [0.2, 0.25) is 0 Å². The van der Waals surface area contributed by atoms with Crippen molar-refractivity contribution in [2.24, 2.45) is 17.8 Å². The van der Waals surface area contributed by atoms with Crippen molar-refractivity contribution in [2.45, 2.75) is 91.9 Å². The van der Waals surface area contributed by atoms with Crippen LogP contribution in [0, 0.1) is 37.7 Å². The zero-order chi connectivity index (χ0) is 27.4. The summed E-state index contributed by atoms with van der Waals surface area (Å²) in [5.74, 6) is 1.94. The second-order valence-electron chi connectivity index (χ2n) is 12.5. The third-order valence-corrected chi connectivity index (χ3v) is 8.08. The predicted molar refractivity (Wildman–Crippen MR) is 158 cm³/mol. The number of ketones is 1. The third-order valence-electron chi connectivity index (χ3n) is 8.08. The fourth-order valence-corrected chi connectivity index (χ4v) is 6.60. The number of fused-ring (bicyclic) bond motifs is 3. The molecular weight excluding hydrogens is 659 g/mol.